The zero-order valence-corrected chi connectivity index (χ0v) is 18.2. The van der Waals surface area contributed by atoms with Crippen LogP contribution in [0.5, 0.6) is 11.5 Å². The van der Waals surface area contributed by atoms with Crippen molar-refractivity contribution in [1.29, 1.82) is 5.41 Å². The van der Waals surface area contributed by atoms with E-state index in [2.05, 4.69) is 35.6 Å². The number of nitrogens with one attached hydrogen (secondary N) is 3. The van der Waals surface area contributed by atoms with Gasteiger partial charge in [0.2, 0.25) is 0 Å². The van der Waals surface area contributed by atoms with Gasteiger partial charge in [0, 0.05) is 53.9 Å². The highest BCUT2D eigenvalue weighted by molar-refractivity contribution is 6.09. The molecule has 3 N–H and O–H groups in total. The Morgan fingerprint density at radius 2 is 1.90 bits per heavy atom. The van der Waals surface area contributed by atoms with Crippen LogP contribution in [-0.2, 0) is 6.42 Å². The molecule has 164 valence electrons. The molecule has 0 saturated carbocycles. The highest BCUT2D eigenvalue weighted by atomic mass is 19.1. The Balaban J connectivity index is 1.73. The fourth-order valence-corrected chi connectivity index (χ4v) is 4.33. The molecule has 5 nitrogen and oxygen atoms in total. The van der Waals surface area contributed by atoms with Gasteiger partial charge < -0.3 is 25.7 Å². The Labute approximate surface area is 183 Å². The second kappa shape index (κ2) is 9.52. The maximum absolute atomic E-state index is 13.4. The van der Waals surface area contributed by atoms with Crippen molar-refractivity contribution in [3.05, 3.63) is 59.5 Å². The van der Waals surface area contributed by atoms with Gasteiger partial charge in [0.1, 0.15) is 17.3 Å². The van der Waals surface area contributed by atoms with Gasteiger partial charge in [-0.15, -0.1) is 0 Å². The van der Waals surface area contributed by atoms with Crippen LogP contribution in [0.15, 0.2) is 42.6 Å². The van der Waals surface area contributed by atoms with E-state index in [4.69, 9.17) is 10.1 Å². The van der Waals surface area contributed by atoms with Crippen LogP contribution in [0.25, 0.3) is 5.57 Å². The monoisotopic (exact) mass is 422 g/mol. The van der Waals surface area contributed by atoms with E-state index in [0.29, 0.717) is 17.8 Å². The van der Waals surface area contributed by atoms with Crippen LogP contribution < -0.4 is 20.3 Å². The van der Waals surface area contributed by atoms with Crippen LogP contribution in [-0.4, -0.2) is 38.4 Å². The summed E-state index contributed by atoms with van der Waals surface area (Å²) in [4.78, 5) is 2.28. The molecule has 1 saturated heterocycles. The Kier molecular flexibility index (Phi) is 6.56. The molecule has 0 spiro atoms. The third kappa shape index (κ3) is 4.74. The highest BCUT2D eigenvalue weighted by Gasteiger charge is 2.26. The number of ether oxygens (including phenoxy) is 1. The van der Waals surface area contributed by atoms with E-state index in [0.717, 1.165) is 66.9 Å². The molecule has 2 heterocycles. The van der Waals surface area contributed by atoms with E-state index in [1.54, 1.807) is 12.1 Å². The van der Waals surface area contributed by atoms with Crippen LogP contribution in [0.1, 0.15) is 37.3 Å². The average molecular weight is 423 g/mol. The highest BCUT2D eigenvalue weighted by Crippen LogP contribution is 2.42. The quantitative estimate of drug-likeness (QED) is 0.590. The van der Waals surface area contributed by atoms with Crippen molar-refractivity contribution in [2.45, 2.75) is 44.7 Å². The molecule has 0 bridgehead atoms. The van der Waals surface area contributed by atoms with Crippen molar-refractivity contribution < 1.29 is 9.13 Å². The number of allylic oxidation sites excluding steroid dienone is 1. The Morgan fingerprint density at radius 3 is 2.61 bits per heavy atom. The Morgan fingerprint density at radius 1 is 1.16 bits per heavy atom. The number of benzene rings is 2. The van der Waals surface area contributed by atoms with E-state index in [1.807, 2.05) is 12.3 Å². The van der Waals surface area contributed by atoms with E-state index >= 15 is 0 Å². The molecule has 1 fully saturated rings. The van der Waals surface area contributed by atoms with Gasteiger partial charge in [-0.05, 0) is 82.1 Å². The predicted octanol–water partition coefficient (Wildman–Crippen LogP) is 4.72. The van der Waals surface area contributed by atoms with Gasteiger partial charge in [0.05, 0.1) is 0 Å². The van der Waals surface area contributed by atoms with Crippen LogP contribution in [0.2, 0.25) is 0 Å². The van der Waals surface area contributed by atoms with Crippen molar-refractivity contribution in [3.63, 3.8) is 0 Å². The number of hydrogen-bond donors (Lipinski definition) is 3. The van der Waals surface area contributed by atoms with Crippen molar-refractivity contribution in [3.8, 4) is 11.5 Å². The number of fused-ring (bicyclic) bond motifs is 1. The summed E-state index contributed by atoms with van der Waals surface area (Å²) < 4.78 is 19.8. The minimum atomic E-state index is -0.289. The first-order valence-electron chi connectivity index (χ1n) is 11.1. The Bertz CT molecular complexity index is 951. The van der Waals surface area contributed by atoms with Crippen molar-refractivity contribution in [1.82, 2.24) is 10.6 Å². The molecule has 6 heteroatoms. The molecule has 1 atom stereocenters. The van der Waals surface area contributed by atoms with Crippen LogP contribution in [0.3, 0.4) is 0 Å². The lowest BCUT2D eigenvalue weighted by Crippen LogP contribution is -2.37. The summed E-state index contributed by atoms with van der Waals surface area (Å²) in [6.45, 7) is 4.24. The fourth-order valence-electron chi connectivity index (χ4n) is 4.33. The van der Waals surface area contributed by atoms with Crippen molar-refractivity contribution in [2.24, 2.45) is 0 Å². The molecule has 31 heavy (non-hydrogen) atoms. The zero-order valence-electron chi connectivity index (χ0n) is 18.2. The number of piperidine rings is 1. The number of nitrogens with zero attached hydrogens (tertiary/aromatic N) is 1. The molecule has 1 unspecified atom stereocenters. The first-order valence-corrected chi connectivity index (χ1v) is 11.1. The lowest BCUT2D eigenvalue weighted by molar-refractivity contribution is 0.420. The standard InChI is InChI=1S/C25H31FN4O/c1-17-3-8-23-24(30(17)2)10-9-22(25(23)31-21-6-4-19(26)5-7-21)18(15-27)16-29-20-11-13-28-14-12-20/h4-7,9-10,15-17,20,27-29H,3,8,11-14H2,1-2H3/b18-16+,27-15?. The second-order valence-electron chi connectivity index (χ2n) is 8.43. The summed E-state index contributed by atoms with van der Waals surface area (Å²) in [5.74, 6) is 1.06. The molecule has 0 aromatic heterocycles. The van der Waals surface area contributed by atoms with Crippen LogP contribution in [0, 0.1) is 11.2 Å². The number of rotatable bonds is 6. The van der Waals surface area contributed by atoms with Gasteiger partial charge in [-0.2, -0.15) is 0 Å². The van der Waals surface area contributed by atoms with Gasteiger partial charge in [0.15, 0.2) is 0 Å². The van der Waals surface area contributed by atoms with Crippen LogP contribution in [0.4, 0.5) is 10.1 Å². The minimum absolute atomic E-state index is 0.289. The van der Waals surface area contributed by atoms with E-state index in [9.17, 15) is 4.39 Å². The topological polar surface area (TPSA) is 60.4 Å². The smallest absolute Gasteiger partial charge is 0.140 e. The van der Waals surface area contributed by atoms with Crippen molar-refractivity contribution in [2.75, 3.05) is 25.0 Å². The molecule has 2 aromatic carbocycles. The van der Waals surface area contributed by atoms with E-state index < -0.39 is 0 Å². The molecule has 0 aliphatic carbocycles. The van der Waals surface area contributed by atoms with Gasteiger partial charge in [-0.25, -0.2) is 4.39 Å². The molecular formula is C25H31FN4O. The first kappa shape index (κ1) is 21.4. The summed E-state index contributed by atoms with van der Waals surface area (Å²) >= 11 is 0. The SMILES string of the molecule is CC1CCc2c(ccc(/C(C=N)=C/NC3CCNCC3)c2Oc2ccc(F)cc2)N1C. The minimum Gasteiger partial charge on any atom is -0.456 e. The Hall–Kier alpha value is -2.86. The normalized spacial score (nSPS) is 19.6. The number of halogens is 1. The average Bonchev–Trinajstić information content (AvgIpc) is 2.80. The molecule has 0 amide bonds. The maximum Gasteiger partial charge on any atom is 0.140 e. The lowest BCUT2D eigenvalue weighted by atomic mass is 9.92. The third-order valence-electron chi connectivity index (χ3n) is 6.40. The first-order chi connectivity index (χ1) is 15.1. The summed E-state index contributed by atoms with van der Waals surface area (Å²) in [5.41, 5.74) is 3.94. The molecule has 4 rings (SSSR count). The number of hydrogen-bond acceptors (Lipinski definition) is 5. The number of anilines is 1. The van der Waals surface area contributed by atoms with Gasteiger partial charge >= 0.3 is 0 Å². The predicted molar refractivity (Wildman–Crippen MR) is 125 cm³/mol. The maximum atomic E-state index is 13.4. The summed E-state index contributed by atoms with van der Waals surface area (Å²) in [6.07, 6.45) is 7.38. The van der Waals surface area contributed by atoms with Crippen LogP contribution >= 0.6 is 0 Å². The molecule has 2 aromatic rings. The largest absolute Gasteiger partial charge is 0.456 e. The van der Waals surface area contributed by atoms with Gasteiger partial charge in [0.25, 0.3) is 0 Å². The lowest BCUT2D eigenvalue weighted by Gasteiger charge is -2.35. The molecular weight excluding hydrogens is 391 g/mol. The second-order valence-corrected chi connectivity index (χ2v) is 8.43. The van der Waals surface area contributed by atoms with E-state index in [-0.39, 0.29) is 5.82 Å². The summed E-state index contributed by atoms with van der Waals surface area (Å²) in [5, 5.41) is 14.9. The van der Waals surface area contributed by atoms with E-state index in [1.165, 1.54) is 18.3 Å². The summed E-state index contributed by atoms with van der Waals surface area (Å²) in [6, 6.07) is 11.1. The fraction of sp³-hybridized carbons (Fsp3) is 0.400. The zero-order chi connectivity index (χ0) is 21.8. The van der Waals surface area contributed by atoms with Crippen molar-refractivity contribution >= 4 is 17.5 Å². The molecule has 2 aliphatic rings. The van der Waals surface area contributed by atoms with Gasteiger partial charge in [-0.1, -0.05) is 0 Å². The molecule has 0 radical (unpaired) electrons. The third-order valence-corrected chi connectivity index (χ3v) is 6.40. The van der Waals surface area contributed by atoms with Gasteiger partial charge in [-0.3, -0.25) is 0 Å². The summed E-state index contributed by atoms with van der Waals surface area (Å²) in [7, 11) is 2.11. The molecule has 2 aliphatic heterocycles.